The number of alkyl halides is 2. The first kappa shape index (κ1) is 31.6. The molecular weight excluding hydrogens is 605 g/mol. The molecule has 4 aromatic carbocycles. The largest absolute Gasteiger partial charge is 0.432 e. The number of allylic oxidation sites excluding steroid dienone is 2. The van der Waals surface area contributed by atoms with Gasteiger partial charge in [0.1, 0.15) is 40.4 Å². The molecule has 44 heavy (non-hydrogen) atoms. The Morgan fingerprint density at radius 2 is 1.34 bits per heavy atom. The number of hydrogen-bond donors (Lipinski definition) is 0. The lowest BCUT2D eigenvalue weighted by molar-refractivity contribution is -0.189. The smallest absolute Gasteiger partial charge is 0.429 e. The van der Waals surface area contributed by atoms with Crippen molar-refractivity contribution in [3.05, 3.63) is 124 Å². The highest BCUT2D eigenvalue weighted by molar-refractivity contribution is 6.30. The van der Waals surface area contributed by atoms with Crippen molar-refractivity contribution in [2.24, 2.45) is 5.92 Å². The molecule has 1 saturated carbocycles. The Bertz CT molecular complexity index is 1670. The van der Waals surface area contributed by atoms with Gasteiger partial charge in [0.15, 0.2) is 0 Å². The fraction of sp³-hybridized carbons (Fsp3) is 0.257. The lowest BCUT2D eigenvalue weighted by atomic mass is 9.78. The van der Waals surface area contributed by atoms with Crippen molar-refractivity contribution < 1.29 is 35.5 Å². The van der Waals surface area contributed by atoms with Crippen LogP contribution in [0.5, 0.6) is 5.75 Å². The van der Waals surface area contributed by atoms with Gasteiger partial charge in [-0.2, -0.15) is 8.78 Å². The van der Waals surface area contributed by atoms with E-state index in [0.29, 0.717) is 24.1 Å². The van der Waals surface area contributed by atoms with E-state index < -0.39 is 46.5 Å². The minimum absolute atomic E-state index is 0.0860. The quantitative estimate of drug-likeness (QED) is 0.139. The van der Waals surface area contributed by atoms with Crippen molar-refractivity contribution in [2.45, 2.75) is 51.1 Å². The maximum Gasteiger partial charge on any atom is 0.432 e. The highest BCUT2D eigenvalue weighted by atomic mass is 35.5. The van der Waals surface area contributed by atoms with E-state index in [1.165, 1.54) is 24.3 Å². The molecule has 0 N–H and O–H groups in total. The normalized spacial score (nSPS) is 17.3. The third-order valence-corrected chi connectivity index (χ3v) is 8.25. The Hall–Kier alpha value is -3.78. The third kappa shape index (κ3) is 6.80. The maximum absolute atomic E-state index is 15.2. The van der Waals surface area contributed by atoms with Gasteiger partial charge in [-0.3, -0.25) is 0 Å². The van der Waals surface area contributed by atoms with Gasteiger partial charge < -0.3 is 4.74 Å². The first-order valence-electron chi connectivity index (χ1n) is 14.2. The number of ether oxygens (including phenoxy) is 1. The Morgan fingerprint density at radius 3 is 1.95 bits per heavy atom. The summed E-state index contributed by atoms with van der Waals surface area (Å²) in [5.74, 6) is -5.98. The van der Waals surface area contributed by atoms with Crippen LogP contribution in [-0.2, 0) is 6.11 Å². The van der Waals surface area contributed by atoms with E-state index in [9.17, 15) is 8.78 Å². The summed E-state index contributed by atoms with van der Waals surface area (Å²) >= 11 is 5.64. The van der Waals surface area contributed by atoms with Crippen molar-refractivity contribution in [3.8, 4) is 28.0 Å². The molecule has 0 heterocycles. The maximum atomic E-state index is 15.2. The lowest BCUT2D eigenvalue weighted by Gasteiger charge is -2.27. The van der Waals surface area contributed by atoms with Crippen LogP contribution in [0.2, 0.25) is 5.02 Å². The molecule has 0 bridgehead atoms. The van der Waals surface area contributed by atoms with E-state index in [1.807, 2.05) is 0 Å². The van der Waals surface area contributed by atoms with Crippen LogP contribution in [0.4, 0.5) is 30.7 Å². The summed E-state index contributed by atoms with van der Waals surface area (Å²) in [5, 5.41) is -0.183. The molecule has 1 fully saturated rings. The van der Waals surface area contributed by atoms with Gasteiger partial charge in [-0.1, -0.05) is 48.9 Å². The first-order valence-corrected chi connectivity index (χ1v) is 14.6. The lowest BCUT2D eigenvalue weighted by Crippen LogP contribution is -2.25. The van der Waals surface area contributed by atoms with Gasteiger partial charge in [-0.05, 0) is 103 Å². The van der Waals surface area contributed by atoms with Crippen molar-refractivity contribution in [1.82, 2.24) is 0 Å². The summed E-state index contributed by atoms with van der Waals surface area (Å²) < 4.78 is 108. The highest BCUT2D eigenvalue weighted by Gasteiger charge is 2.41. The Balaban J connectivity index is 1.34. The van der Waals surface area contributed by atoms with E-state index in [-0.39, 0.29) is 33.2 Å². The van der Waals surface area contributed by atoms with Crippen LogP contribution < -0.4 is 4.74 Å². The van der Waals surface area contributed by atoms with Crippen LogP contribution in [0.15, 0.2) is 78.9 Å². The monoisotopic (exact) mass is 632 g/mol. The van der Waals surface area contributed by atoms with E-state index in [2.05, 4.69) is 23.8 Å². The van der Waals surface area contributed by atoms with Gasteiger partial charge in [0, 0.05) is 17.2 Å². The zero-order valence-corrected chi connectivity index (χ0v) is 24.4. The zero-order valence-electron chi connectivity index (χ0n) is 23.6. The van der Waals surface area contributed by atoms with Crippen molar-refractivity contribution in [1.29, 1.82) is 0 Å². The molecule has 1 nitrogen and oxygen atoms in total. The fourth-order valence-corrected chi connectivity index (χ4v) is 5.77. The molecular formula is C35H28ClF7O. The predicted molar refractivity (Wildman–Crippen MR) is 157 cm³/mol. The molecule has 0 amide bonds. The second-order valence-electron chi connectivity index (χ2n) is 10.9. The Kier molecular flexibility index (Phi) is 9.39. The number of benzene rings is 4. The van der Waals surface area contributed by atoms with E-state index in [0.717, 1.165) is 55.9 Å². The summed E-state index contributed by atoms with van der Waals surface area (Å²) in [6.07, 6.45) is 4.53. The molecule has 0 aromatic heterocycles. The molecule has 0 radical (unpaired) electrons. The van der Waals surface area contributed by atoms with Crippen molar-refractivity contribution in [2.75, 3.05) is 0 Å². The van der Waals surface area contributed by atoms with Gasteiger partial charge in [0.25, 0.3) is 0 Å². The minimum atomic E-state index is -4.55. The summed E-state index contributed by atoms with van der Waals surface area (Å²) in [6.45, 7) is 2.08. The van der Waals surface area contributed by atoms with Crippen LogP contribution in [0.3, 0.4) is 0 Å². The van der Waals surface area contributed by atoms with Gasteiger partial charge in [0.05, 0.1) is 5.02 Å². The van der Waals surface area contributed by atoms with Crippen molar-refractivity contribution >= 4 is 11.6 Å². The second kappa shape index (κ2) is 13.1. The minimum Gasteiger partial charge on any atom is -0.429 e. The first-order chi connectivity index (χ1) is 21.0. The fourth-order valence-electron chi connectivity index (χ4n) is 5.66. The SMILES string of the molecule is CC/C=C/C1CCC(c2ccc(-c3cc(F)c(C(F)(F)Oc4ccc(-c5ccc(Cl)c(F)c5)c(F)c4)c(F)c3)c(F)c2)CC1. The highest BCUT2D eigenvalue weighted by Crippen LogP contribution is 2.40. The molecule has 0 atom stereocenters. The zero-order chi connectivity index (χ0) is 31.6. The summed E-state index contributed by atoms with van der Waals surface area (Å²) in [6, 6.07) is 11.7. The van der Waals surface area contributed by atoms with Crippen LogP contribution in [0, 0.1) is 35.0 Å². The molecule has 0 saturated heterocycles. The van der Waals surface area contributed by atoms with Gasteiger partial charge >= 0.3 is 6.11 Å². The van der Waals surface area contributed by atoms with Crippen LogP contribution in [0.25, 0.3) is 22.3 Å². The van der Waals surface area contributed by atoms with Crippen LogP contribution >= 0.6 is 11.6 Å². The molecule has 0 unspecified atom stereocenters. The number of halogens is 8. The molecule has 0 spiro atoms. The summed E-state index contributed by atoms with van der Waals surface area (Å²) in [4.78, 5) is 0. The predicted octanol–water partition coefficient (Wildman–Crippen LogP) is 11.7. The molecule has 1 aliphatic carbocycles. The number of hydrogen-bond acceptors (Lipinski definition) is 1. The molecule has 9 heteroatoms. The van der Waals surface area contributed by atoms with Crippen molar-refractivity contribution in [3.63, 3.8) is 0 Å². The van der Waals surface area contributed by atoms with E-state index in [4.69, 9.17) is 11.6 Å². The Labute approximate surface area is 255 Å². The summed E-state index contributed by atoms with van der Waals surface area (Å²) in [7, 11) is 0. The van der Waals surface area contributed by atoms with Gasteiger partial charge in [-0.15, -0.1) is 0 Å². The topological polar surface area (TPSA) is 9.23 Å². The second-order valence-corrected chi connectivity index (χ2v) is 11.3. The Morgan fingerprint density at radius 1 is 0.727 bits per heavy atom. The van der Waals surface area contributed by atoms with Crippen LogP contribution in [0.1, 0.15) is 56.1 Å². The summed E-state index contributed by atoms with van der Waals surface area (Å²) in [5.41, 5.74) is -1.39. The molecule has 230 valence electrons. The van der Waals surface area contributed by atoms with Gasteiger partial charge in [-0.25, -0.2) is 22.0 Å². The standard InChI is InChI=1S/C35H28ClF7O/c1-2-3-4-20-5-7-21(8-6-20)22-9-12-27(29(37)15-22)24-17-32(40)34(33(41)18-24)35(42,43)44-25-11-13-26(30(38)19-25)23-10-14-28(36)31(39)16-23/h3-4,9-21H,2,5-8H2,1H3/b4-3+. The van der Waals surface area contributed by atoms with Gasteiger partial charge in [0.2, 0.25) is 0 Å². The average Bonchev–Trinajstić information content (AvgIpc) is 2.97. The van der Waals surface area contributed by atoms with E-state index in [1.54, 1.807) is 6.07 Å². The number of rotatable bonds is 8. The third-order valence-electron chi connectivity index (χ3n) is 7.94. The molecule has 0 aliphatic heterocycles. The molecule has 4 aromatic rings. The van der Waals surface area contributed by atoms with Crippen LogP contribution in [-0.4, -0.2) is 0 Å². The average molecular weight is 633 g/mol. The molecule has 1 aliphatic rings. The van der Waals surface area contributed by atoms with E-state index >= 15 is 22.0 Å². The molecule has 5 rings (SSSR count).